The first-order valence-corrected chi connectivity index (χ1v) is 10.2. The van der Waals surface area contributed by atoms with Gasteiger partial charge in [0.15, 0.2) is 8.07 Å². The molecule has 0 aromatic heterocycles. The van der Waals surface area contributed by atoms with Crippen LogP contribution in [0.5, 0.6) is 0 Å². The van der Waals surface area contributed by atoms with Gasteiger partial charge in [0.05, 0.1) is 0 Å². The number of rotatable bonds is 2. The van der Waals surface area contributed by atoms with Gasteiger partial charge in [0.2, 0.25) is 0 Å². The van der Waals surface area contributed by atoms with Crippen LogP contribution >= 0.6 is 0 Å². The van der Waals surface area contributed by atoms with Crippen molar-refractivity contribution in [2.75, 3.05) is 0 Å². The van der Waals surface area contributed by atoms with Crippen molar-refractivity contribution >= 4 is 8.07 Å². The van der Waals surface area contributed by atoms with Crippen LogP contribution < -0.4 is 0 Å². The van der Waals surface area contributed by atoms with Gasteiger partial charge >= 0.3 is 0 Å². The van der Waals surface area contributed by atoms with E-state index in [1.165, 1.54) is 0 Å². The third-order valence-electron chi connectivity index (χ3n) is 4.26. The van der Waals surface area contributed by atoms with Gasteiger partial charge < -0.3 is 0 Å². The average Bonchev–Trinajstić information content (AvgIpc) is 3.26. The van der Waals surface area contributed by atoms with Crippen LogP contribution in [0.1, 0.15) is 5.56 Å². The van der Waals surface area contributed by atoms with Crippen LogP contribution in [-0.2, 0) is 0 Å². The summed E-state index contributed by atoms with van der Waals surface area (Å²) in [4.78, 5) is 0. The van der Waals surface area contributed by atoms with E-state index < -0.39 is 8.07 Å². The van der Waals surface area contributed by atoms with Gasteiger partial charge in [-0.15, -0.1) is 5.54 Å². The number of hydrogen-bond acceptors (Lipinski definition) is 0. The lowest BCUT2D eigenvalue weighted by Gasteiger charge is -2.29. The van der Waals surface area contributed by atoms with E-state index in [0.717, 1.165) is 5.56 Å². The highest BCUT2D eigenvalue weighted by Crippen LogP contribution is 2.40. The molecule has 0 nitrogen and oxygen atoms in total. The molecule has 1 aromatic rings. The molecule has 2 aliphatic carbocycles. The summed E-state index contributed by atoms with van der Waals surface area (Å²) in [6.45, 7) is 2.36. The van der Waals surface area contributed by atoms with Crippen LogP contribution in [-0.4, -0.2) is 8.07 Å². The first-order valence-electron chi connectivity index (χ1n) is 7.57. The van der Waals surface area contributed by atoms with E-state index in [-0.39, 0.29) is 0 Å². The lowest BCUT2D eigenvalue weighted by atomic mass is 10.2. The third-order valence-corrected chi connectivity index (χ3v) is 8.46. The molecule has 0 saturated carbocycles. The molecule has 0 heterocycles. The van der Waals surface area contributed by atoms with E-state index in [1.54, 1.807) is 0 Å². The summed E-state index contributed by atoms with van der Waals surface area (Å²) in [7, 11) is -1.83. The molecule has 106 valence electrons. The van der Waals surface area contributed by atoms with E-state index in [0.29, 0.717) is 11.1 Å². The molecule has 0 radical (unpaired) electrons. The molecule has 3 rings (SSSR count). The number of hydrogen-bond donors (Lipinski definition) is 0. The Morgan fingerprint density at radius 3 is 1.86 bits per heavy atom. The van der Waals surface area contributed by atoms with Gasteiger partial charge in [0.25, 0.3) is 0 Å². The van der Waals surface area contributed by atoms with Crippen LogP contribution in [0, 0.1) is 23.3 Å². The molecule has 0 N–H and O–H groups in total. The predicted molar refractivity (Wildman–Crippen MR) is 96.8 cm³/mol. The molecular weight excluding hydrogens is 280 g/mol. The van der Waals surface area contributed by atoms with Crippen LogP contribution in [0.4, 0.5) is 0 Å². The molecular formula is C21H18Si. The summed E-state index contributed by atoms with van der Waals surface area (Å²) >= 11 is 0. The van der Waals surface area contributed by atoms with Crippen molar-refractivity contribution < 1.29 is 0 Å². The van der Waals surface area contributed by atoms with Crippen molar-refractivity contribution in [2.45, 2.75) is 17.6 Å². The molecule has 0 unspecified atom stereocenters. The molecule has 0 bridgehead atoms. The highest BCUT2D eigenvalue weighted by atomic mass is 28.3. The monoisotopic (exact) mass is 298 g/mol. The highest BCUT2D eigenvalue weighted by molar-refractivity contribution is 6.90. The first-order chi connectivity index (χ1) is 10.8. The maximum Gasteiger partial charge on any atom is 0.157 e. The topological polar surface area (TPSA) is 0 Å². The van der Waals surface area contributed by atoms with Crippen molar-refractivity contribution in [2.24, 2.45) is 0 Å². The van der Waals surface area contributed by atoms with E-state index in [4.69, 9.17) is 0 Å². The molecule has 0 aliphatic heterocycles. The maximum absolute atomic E-state index is 3.56. The van der Waals surface area contributed by atoms with Gasteiger partial charge in [0.1, 0.15) is 0 Å². The Morgan fingerprint density at radius 2 is 1.32 bits per heavy atom. The summed E-state index contributed by atoms with van der Waals surface area (Å²) in [6.07, 6.45) is 17.7. The third kappa shape index (κ3) is 3.06. The Morgan fingerprint density at radius 1 is 0.773 bits per heavy atom. The Kier molecular flexibility index (Phi) is 4.28. The zero-order chi connectivity index (χ0) is 15.3. The van der Waals surface area contributed by atoms with Gasteiger partial charge in [-0.2, -0.15) is 0 Å². The molecule has 0 atom stereocenters. The fourth-order valence-electron chi connectivity index (χ4n) is 2.84. The second-order valence-corrected chi connectivity index (χ2v) is 9.89. The minimum absolute atomic E-state index is 0.468. The Labute approximate surface area is 134 Å². The summed E-state index contributed by atoms with van der Waals surface area (Å²) in [5, 5.41) is 0. The first kappa shape index (κ1) is 14.5. The van der Waals surface area contributed by atoms with Gasteiger partial charge in [-0.3, -0.25) is 0 Å². The zero-order valence-corrected chi connectivity index (χ0v) is 13.7. The Hall–Kier alpha value is -2.48. The predicted octanol–water partition coefficient (Wildman–Crippen LogP) is 4.65. The largest absolute Gasteiger partial charge is 0.157 e. The summed E-state index contributed by atoms with van der Waals surface area (Å²) in [5.74, 6) is 9.30. The lowest BCUT2D eigenvalue weighted by Crippen LogP contribution is -2.37. The molecule has 0 spiro atoms. The standard InChI is InChI=1S/C21H18Si/c1-22(20-14-5-6-15-20,21-16-7-8-17-21)18-10-9-13-19-11-3-2-4-12-19/h2-8,11-12,14-17,20-21H,1H3. The minimum atomic E-state index is -1.83. The van der Waals surface area contributed by atoms with Gasteiger partial charge in [-0.25, -0.2) is 0 Å². The van der Waals surface area contributed by atoms with Crippen LogP contribution in [0.15, 0.2) is 78.9 Å². The van der Waals surface area contributed by atoms with Crippen molar-refractivity contribution in [3.63, 3.8) is 0 Å². The minimum Gasteiger partial charge on any atom is -0.116 e. The van der Waals surface area contributed by atoms with Crippen LogP contribution in [0.2, 0.25) is 17.6 Å². The molecule has 22 heavy (non-hydrogen) atoms. The normalized spacial score (nSPS) is 16.4. The van der Waals surface area contributed by atoms with E-state index in [2.05, 4.69) is 78.5 Å². The van der Waals surface area contributed by atoms with E-state index in [9.17, 15) is 0 Å². The summed E-state index contributed by atoms with van der Waals surface area (Å²) in [6, 6.07) is 10.0. The fraction of sp³-hybridized carbons (Fsp3) is 0.143. The molecule has 0 amide bonds. The number of allylic oxidation sites excluding steroid dienone is 8. The van der Waals surface area contributed by atoms with Gasteiger partial charge in [-0.05, 0) is 24.0 Å². The summed E-state index contributed by atoms with van der Waals surface area (Å²) in [5.41, 5.74) is 5.51. The van der Waals surface area contributed by atoms with Gasteiger partial charge in [-0.1, -0.05) is 79.3 Å². The SMILES string of the molecule is C[Si](C#CC#Cc1ccccc1)(C1C=CC=C1)C1C=CC=C1. The number of benzene rings is 1. The van der Waals surface area contributed by atoms with Gasteiger partial charge in [0, 0.05) is 16.6 Å². The second-order valence-electron chi connectivity index (χ2n) is 5.74. The fourth-order valence-corrected chi connectivity index (χ4v) is 6.00. The van der Waals surface area contributed by atoms with Crippen LogP contribution in [0.25, 0.3) is 0 Å². The van der Waals surface area contributed by atoms with Crippen molar-refractivity contribution in [1.82, 2.24) is 0 Å². The average molecular weight is 298 g/mol. The second kappa shape index (κ2) is 6.52. The summed E-state index contributed by atoms with van der Waals surface area (Å²) < 4.78 is 0. The van der Waals surface area contributed by atoms with E-state index in [1.807, 2.05) is 30.3 Å². The molecule has 0 fully saturated rings. The Bertz CT molecular complexity index is 718. The van der Waals surface area contributed by atoms with Crippen molar-refractivity contribution in [3.05, 3.63) is 84.5 Å². The van der Waals surface area contributed by atoms with Crippen molar-refractivity contribution in [3.8, 4) is 23.3 Å². The Balaban J connectivity index is 1.86. The quantitative estimate of drug-likeness (QED) is 0.550. The molecule has 2 aliphatic rings. The van der Waals surface area contributed by atoms with E-state index >= 15 is 0 Å². The van der Waals surface area contributed by atoms with Crippen molar-refractivity contribution in [1.29, 1.82) is 0 Å². The molecule has 0 saturated heterocycles. The molecule has 1 aromatic carbocycles. The highest BCUT2D eigenvalue weighted by Gasteiger charge is 2.39. The van der Waals surface area contributed by atoms with Crippen LogP contribution in [0.3, 0.4) is 0 Å². The maximum atomic E-state index is 3.56. The smallest absolute Gasteiger partial charge is 0.116 e. The zero-order valence-electron chi connectivity index (χ0n) is 12.7. The lowest BCUT2D eigenvalue weighted by molar-refractivity contribution is 1.20. The molecule has 1 heteroatoms.